The SMILES string of the molecule is Cc1cc(CO)cc(C)c1CCCO. The van der Waals surface area contributed by atoms with Crippen LogP contribution in [0.25, 0.3) is 0 Å². The minimum absolute atomic E-state index is 0.0992. The van der Waals surface area contributed by atoms with E-state index in [1.54, 1.807) is 0 Å². The molecule has 2 heteroatoms. The summed E-state index contributed by atoms with van der Waals surface area (Å²) in [5.41, 5.74) is 4.69. The van der Waals surface area contributed by atoms with Crippen molar-refractivity contribution in [3.8, 4) is 0 Å². The van der Waals surface area contributed by atoms with Crippen LogP contribution in [0.3, 0.4) is 0 Å². The summed E-state index contributed by atoms with van der Waals surface area (Å²) < 4.78 is 0. The quantitative estimate of drug-likeness (QED) is 0.766. The first-order chi connectivity index (χ1) is 6.69. The summed E-state index contributed by atoms with van der Waals surface area (Å²) in [6.07, 6.45) is 1.72. The Balaban J connectivity index is 2.93. The predicted molar refractivity (Wildman–Crippen MR) is 57.2 cm³/mol. The van der Waals surface area contributed by atoms with E-state index < -0.39 is 0 Å². The van der Waals surface area contributed by atoms with E-state index in [0.717, 1.165) is 18.4 Å². The summed E-state index contributed by atoms with van der Waals surface area (Å²) in [5, 5.41) is 17.8. The number of aliphatic hydroxyl groups excluding tert-OH is 2. The number of benzene rings is 1. The topological polar surface area (TPSA) is 40.5 Å². The lowest BCUT2D eigenvalue weighted by atomic mass is 9.96. The molecular formula is C12H18O2. The zero-order valence-corrected chi connectivity index (χ0v) is 8.88. The summed E-state index contributed by atoms with van der Waals surface area (Å²) in [5.74, 6) is 0. The van der Waals surface area contributed by atoms with Crippen molar-refractivity contribution in [1.29, 1.82) is 0 Å². The molecule has 1 aromatic carbocycles. The summed E-state index contributed by atoms with van der Waals surface area (Å²) in [6, 6.07) is 4.03. The molecule has 1 rings (SSSR count). The van der Waals surface area contributed by atoms with E-state index in [1.807, 2.05) is 12.1 Å². The molecular weight excluding hydrogens is 176 g/mol. The van der Waals surface area contributed by atoms with Gasteiger partial charge in [0.15, 0.2) is 0 Å². The molecule has 0 radical (unpaired) electrons. The van der Waals surface area contributed by atoms with Crippen molar-refractivity contribution in [3.63, 3.8) is 0 Å². The summed E-state index contributed by atoms with van der Waals surface area (Å²) in [6.45, 7) is 4.44. The van der Waals surface area contributed by atoms with Gasteiger partial charge in [-0.15, -0.1) is 0 Å². The van der Waals surface area contributed by atoms with E-state index in [9.17, 15) is 0 Å². The zero-order valence-electron chi connectivity index (χ0n) is 8.88. The molecule has 0 spiro atoms. The average Bonchev–Trinajstić information content (AvgIpc) is 2.16. The van der Waals surface area contributed by atoms with Gasteiger partial charge in [0.05, 0.1) is 6.61 Å². The van der Waals surface area contributed by atoms with Crippen LogP contribution in [-0.4, -0.2) is 16.8 Å². The second-order valence-electron chi connectivity index (χ2n) is 3.69. The van der Waals surface area contributed by atoms with Gasteiger partial charge in [0.1, 0.15) is 0 Å². The van der Waals surface area contributed by atoms with Crippen molar-refractivity contribution in [1.82, 2.24) is 0 Å². The van der Waals surface area contributed by atoms with Gasteiger partial charge in [0.25, 0.3) is 0 Å². The molecule has 1 aromatic rings. The van der Waals surface area contributed by atoms with Gasteiger partial charge in [-0.2, -0.15) is 0 Å². The first kappa shape index (κ1) is 11.2. The molecule has 0 bridgehead atoms. The summed E-state index contributed by atoms with van der Waals surface area (Å²) in [7, 11) is 0. The van der Waals surface area contributed by atoms with Crippen LogP contribution in [0, 0.1) is 13.8 Å². The Morgan fingerprint density at radius 1 is 1.07 bits per heavy atom. The fourth-order valence-electron chi connectivity index (χ4n) is 1.82. The smallest absolute Gasteiger partial charge is 0.0682 e. The number of aliphatic hydroxyl groups is 2. The van der Waals surface area contributed by atoms with Crippen molar-refractivity contribution in [2.24, 2.45) is 0 Å². The van der Waals surface area contributed by atoms with Gasteiger partial charge in [0.2, 0.25) is 0 Å². The van der Waals surface area contributed by atoms with Gasteiger partial charge in [0, 0.05) is 6.61 Å². The van der Waals surface area contributed by atoms with Crippen LogP contribution in [0.1, 0.15) is 28.7 Å². The van der Waals surface area contributed by atoms with Gasteiger partial charge in [-0.05, 0) is 48.9 Å². The summed E-state index contributed by atoms with van der Waals surface area (Å²) >= 11 is 0. The Morgan fingerprint density at radius 2 is 1.64 bits per heavy atom. The monoisotopic (exact) mass is 194 g/mol. The molecule has 0 saturated carbocycles. The van der Waals surface area contributed by atoms with Gasteiger partial charge in [-0.25, -0.2) is 0 Å². The Morgan fingerprint density at radius 3 is 2.07 bits per heavy atom. The van der Waals surface area contributed by atoms with Crippen molar-refractivity contribution >= 4 is 0 Å². The van der Waals surface area contributed by atoms with Crippen LogP contribution in [0.2, 0.25) is 0 Å². The van der Waals surface area contributed by atoms with Gasteiger partial charge < -0.3 is 10.2 Å². The number of hydrogen-bond acceptors (Lipinski definition) is 2. The number of hydrogen-bond donors (Lipinski definition) is 2. The maximum absolute atomic E-state index is 9.01. The van der Waals surface area contributed by atoms with Crippen LogP contribution in [-0.2, 0) is 13.0 Å². The largest absolute Gasteiger partial charge is 0.396 e. The fraction of sp³-hybridized carbons (Fsp3) is 0.500. The molecule has 0 amide bonds. The number of aryl methyl sites for hydroxylation is 2. The number of rotatable bonds is 4. The minimum atomic E-state index is 0.0992. The van der Waals surface area contributed by atoms with Crippen molar-refractivity contribution < 1.29 is 10.2 Å². The van der Waals surface area contributed by atoms with E-state index in [0.29, 0.717) is 0 Å². The molecule has 0 aliphatic heterocycles. The van der Waals surface area contributed by atoms with Crippen LogP contribution in [0.5, 0.6) is 0 Å². The zero-order chi connectivity index (χ0) is 10.6. The molecule has 0 unspecified atom stereocenters. The molecule has 0 fully saturated rings. The van der Waals surface area contributed by atoms with Crippen molar-refractivity contribution in [2.45, 2.75) is 33.3 Å². The fourth-order valence-corrected chi connectivity index (χ4v) is 1.82. The molecule has 0 aliphatic carbocycles. The second-order valence-corrected chi connectivity index (χ2v) is 3.69. The first-order valence-electron chi connectivity index (χ1n) is 4.99. The van der Waals surface area contributed by atoms with Gasteiger partial charge >= 0.3 is 0 Å². The van der Waals surface area contributed by atoms with E-state index in [-0.39, 0.29) is 13.2 Å². The summed E-state index contributed by atoms with van der Waals surface area (Å²) in [4.78, 5) is 0. The van der Waals surface area contributed by atoms with E-state index in [2.05, 4.69) is 13.8 Å². The third kappa shape index (κ3) is 2.56. The molecule has 78 valence electrons. The molecule has 0 atom stereocenters. The highest BCUT2D eigenvalue weighted by atomic mass is 16.3. The highest BCUT2D eigenvalue weighted by Gasteiger charge is 2.04. The van der Waals surface area contributed by atoms with E-state index in [4.69, 9.17) is 10.2 Å². The first-order valence-corrected chi connectivity index (χ1v) is 4.99. The second kappa shape index (κ2) is 5.13. The highest BCUT2D eigenvalue weighted by molar-refractivity contribution is 5.37. The molecule has 0 heterocycles. The van der Waals surface area contributed by atoms with E-state index in [1.165, 1.54) is 16.7 Å². The Bertz CT molecular complexity index is 282. The minimum Gasteiger partial charge on any atom is -0.396 e. The maximum atomic E-state index is 9.01. The molecule has 0 aromatic heterocycles. The van der Waals surface area contributed by atoms with Crippen LogP contribution in [0.15, 0.2) is 12.1 Å². The Kier molecular flexibility index (Phi) is 4.11. The molecule has 0 saturated heterocycles. The molecule has 2 N–H and O–H groups in total. The van der Waals surface area contributed by atoms with Crippen LogP contribution in [0.4, 0.5) is 0 Å². The van der Waals surface area contributed by atoms with Crippen LogP contribution >= 0.6 is 0 Å². The van der Waals surface area contributed by atoms with E-state index >= 15 is 0 Å². The predicted octanol–water partition coefficient (Wildman–Crippen LogP) is 1.72. The third-order valence-electron chi connectivity index (χ3n) is 2.52. The highest BCUT2D eigenvalue weighted by Crippen LogP contribution is 2.18. The molecule has 2 nitrogen and oxygen atoms in total. The van der Waals surface area contributed by atoms with Crippen LogP contribution < -0.4 is 0 Å². The lowest BCUT2D eigenvalue weighted by Crippen LogP contribution is -1.98. The standard InChI is InChI=1S/C12H18O2/c1-9-6-11(8-14)7-10(2)12(9)4-3-5-13/h6-7,13-14H,3-5,8H2,1-2H3. The van der Waals surface area contributed by atoms with Crippen molar-refractivity contribution in [3.05, 3.63) is 34.4 Å². The Hall–Kier alpha value is -0.860. The lowest BCUT2D eigenvalue weighted by molar-refractivity contribution is 0.281. The Labute approximate surface area is 85.2 Å². The normalized spacial score (nSPS) is 10.6. The average molecular weight is 194 g/mol. The van der Waals surface area contributed by atoms with Gasteiger partial charge in [-0.1, -0.05) is 12.1 Å². The maximum Gasteiger partial charge on any atom is 0.0682 e. The third-order valence-corrected chi connectivity index (χ3v) is 2.52. The van der Waals surface area contributed by atoms with Gasteiger partial charge in [-0.3, -0.25) is 0 Å². The molecule has 0 aliphatic rings. The molecule has 14 heavy (non-hydrogen) atoms. The lowest BCUT2D eigenvalue weighted by Gasteiger charge is -2.11. The van der Waals surface area contributed by atoms with Crippen molar-refractivity contribution in [2.75, 3.05) is 6.61 Å².